The summed E-state index contributed by atoms with van der Waals surface area (Å²) in [4.78, 5) is 4.75. The molecule has 4 aromatic rings. The van der Waals surface area contributed by atoms with Gasteiger partial charge in [0.15, 0.2) is 5.82 Å². The predicted octanol–water partition coefficient (Wildman–Crippen LogP) is 6.31. The number of hydrogen-bond acceptors (Lipinski definition) is 3. The normalized spacial score (nSPS) is 15.4. The second kappa shape index (κ2) is 7.39. The minimum atomic E-state index is -0.177. The molecule has 0 saturated heterocycles. The van der Waals surface area contributed by atoms with Crippen molar-refractivity contribution in [3.8, 4) is 11.4 Å². The molecule has 1 aliphatic heterocycles. The van der Waals surface area contributed by atoms with Gasteiger partial charge in [-0.15, -0.1) is 5.10 Å². The Morgan fingerprint density at radius 2 is 1.52 bits per heavy atom. The number of benzene rings is 3. The van der Waals surface area contributed by atoms with Crippen LogP contribution in [0.25, 0.3) is 17.1 Å². The van der Waals surface area contributed by atoms with E-state index in [1.807, 2.05) is 71.4 Å². The number of halogens is 2. The third-order valence-corrected chi connectivity index (χ3v) is 5.47. The lowest BCUT2D eigenvalue weighted by molar-refractivity contribution is 0.613. The van der Waals surface area contributed by atoms with Crippen LogP contribution in [0.5, 0.6) is 0 Å². The molecule has 6 heteroatoms. The molecule has 3 aromatic carbocycles. The zero-order valence-electron chi connectivity index (χ0n) is 15.3. The molecule has 0 spiro atoms. The average molecular weight is 419 g/mol. The van der Waals surface area contributed by atoms with Crippen molar-refractivity contribution >= 4 is 34.8 Å². The Hall–Kier alpha value is -3.08. The van der Waals surface area contributed by atoms with Crippen LogP contribution in [0.15, 0.2) is 84.9 Å². The molecule has 0 radical (unpaired) electrons. The first-order chi connectivity index (χ1) is 14.2. The van der Waals surface area contributed by atoms with Crippen molar-refractivity contribution in [3.05, 3.63) is 106 Å². The van der Waals surface area contributed by atoms with Crippen molar-refractivity contribution in [2.24, 2.45) is 0 Å². The molecule has 5 rings (SSSR count). The van der Waals surface area contributed by atoms with Gasteiger partial charge in [0.2, 0.25) is 5.95 Å². The number of anilines is 1. The molecule has 1 aromatic heterocycles. The van der Waals surface area contributed by atoms with E-state index in [4.69, 9.17) is 33.3 Å². The second-order valence-corrected chi connectivity index (χ2v) is 7.59. The fourth-order valence-corrected chi connectivity index (χ4v) is 3.81. The minimum Gasteiger partial charge on any atom is -0.324 e. The zero-order chi connectivity index (χ0) is 19.8. The first kappa shape index (κ1) is 18.0. The topological polar surface area (TPSA) is 42.7 Å². The Morgan fingerprint density at radius 1 is 0.793 bits per heavy atom. The number of nitrogens with one attached hydrogen (secondary N) is 1. The highest BCUT2D eigenvalue weighted by molar-refractivity contribution is 6.31. The first-order valence-electron chi connectivity index (χ1n) is 9.20. The molecular weight excluding hydrogens is 403 g/mol. The summed E-state index contributed by atoms with van der Waals surface area (Å²) >= 11 is 12.6. The van der Waals surface area contributed by atoms with E-state index in [-0.39, 0.29) is 6.04 Å². The summed E-state index contributed by atoms with van der Waals surface area (Å²) in [7, 11) is 0. The van der Waals surface area contributed by atoms with Gasteiger partial charge >= 0.3 is 0 Å². The van der Waals surface area contributed by atoms with Gasteiger partial charge in [0.1, 0.15) is 6.04 Å². The highest BCUT2D eigenvalue weighted by atomic mass is 35.5. The molecule has 29 heavy (non-hydrogen) atoms. The van der Waals surface area contributed by atoms with Crippen LogP contribution in [0, 0.1) is 0 Å². The summed E-state index contributed by atoms with van der Waals surface area (Å²) in [5, 5.41) is 9.56. The zero-order valence-corrected chi connectivity index (χ0v) is 16.8. The van der Waals surface area contributed by atoms with E-state index in [2.05, 4.69) is 23.5 Å². The molecular formula is C23H16Cl2N4. The van der Waals surface area contributed by atoms with Crippen molar-refractivity contribution in [2.75, 3.05) is 5.32 Å². The molecule has 0 bridgehead atoms. The van der Waals surface area contributed by atoms with Crippen LogP contribution in [0.3, 0.4) is 0 Å². The Bertz CT molecular complexity index is 1200. The van der Waals surface area contributed by atoms with E-state index in [9.17, 15) is 0 Å². The Labute approximate surface area is 178 Å². The molecule has 1 N–H and O–H groups in total. The highest BCUT2D eigenvalue weighted by Crippen LogP contribution is 2.36. The number of aromatic nitrogens is 3. The van der Waals surface area contributed by atoms with Crippen LogP contribution in [0.4, 0.5) is 5.95 Å². The molecule has 142 valence electrons. The van der Waals surface area contributed by atoms with Gasteiger partial charge in [-0.1, -0.05) is 71.7 Å². The van der Waals surface area contributed by atoms with E-state index in [0.717, 1.165) is 22.4 Å². The Kier molecular flexibility index (Phi) is 4.58. The first-order valence-corrected chi connectivity index (χ1v) is 9.96. The smallest absolute Gasteiger partial charge is 0.227 e. The lowest BCUT2D eigenvalue weighted by Crippen LogP contribution is -2.20. The van der Waals surface area contributed by atoms with Crippen LogP contribution in [-0.4, -0.2) is 14.8 Å². The third kappa shape index (κ3) is 3.41. The molecule has 0 amide bonds. The lowest BCUT2D eigenvalue weighted by Gasteiger charge is -2.25. The monoisotopic (exact) mass is 418 g/mol. The van der Waals surface area contributed by atoms with Crippen LogP contribution in [0.2, 0.25) is 10.0 Å². The number of rotatable bonds is 3. The summed E-state index contributed by atoms with van der Waals surface area (Å²) in [6.07, 6.45) is 2.13. The molecule has 0 unspecified atom stereocenters. The summed E-state index contributed by atoms with van der Waals surface area (Å²) in [5.41, 5.74) is 3.92. The molecule has 0 fully saturated rings. The maximum absolute atomic E-state index is 6.53. The minimum absolute atomic E-state index is 0.177. The van der Waals surface area contributed by atoms with Gasteiger partial charge in [-0.2, -0.15) is 4.98 Å². The van der Waals surface area contributed by atoms with Crippen molar-refractivity contribution in [1.29, 1.82) is 0 Å². The fourth-order valence-electron chi connectivity index (χ4n) is 3.44. The SMILES string of the molecule is Clc1ccc(-c2nc3n(n2)[C@@H](c2ccccc2Cl)C=C(c2ccccc2)N3)cc1. The van der Waals surface area contributed by atoms with Gasteiger partial charge in [-0.25, -0.2) is 4.68 Å². The number of fused-ring (bicyclic) bond motifs is 1. The van der Waals surface area contributed by atoms with Crippen LogP contribution < -0.4 is 5.32 Å². The second-order valence-electron chi connectivity index (χ2n) is 6.75. The van der Waals surface area contributed by atoms with Gasteiger partial charge in [-0.3, -0.25) is 0 Å². The van der Waals surface area contributed by atoms with Crippen molar-refractivity contribution in [3.63, 3.8) is 0 Å². The quantitative estimate of drug-likeness (QED) is 0.423. The molecule has 1 atom stereocenters. The van der Waals surface area contributed by atoms with Crippen LogP contribution in [0.1, 0.15) is 17.2 Å². The maximum atomic E-state index is 6.53. The van der Waals surface area contributed by atoms with Gasteiger partial charge < -0.3 is 5.32 Å². The molecule has 4 nitrogen and oxygen atoms in total. The van der Waals surface area contributed by atoms with Crippen LogP contribution >= 0.6 is 23.2 Å². The van der Waals surface area contributed by atoms with Gasteiger partial charge in [0.05, 0.1) is 0 Å². The number of allylic oxidation sites excluding steroid dienone is 1. The highest BCUT2D eigenvalue weighted by Gasteiger charge is 2.26. The van der Waals surface area contributed by atoms with E-state index >= 15 is 0 Å². The predicted molar refractivity (Wildman–Crippen MR) is 118 cm³/mol. The summed E-state index contributed by atoms with van der Waals surface area (Å²) < 4.78 is 1.87. The lowest BCUT2D eigenvalue weighted by atomic mass is 10.0. The van der Waals surface area contributed by atoms with E-state index in [0.29, 0.717) is 21.8 Å². The van der Waals surface area contributed by atoms with Crippen LogP contribution in [-0.2, 0) is 0 Å². The van der Waals surface area contributed by atoms with Crippen molar-refractivity contribution in [1.82, 2.24) is 14.8 Å². The number of nitrogens with zero attached hydrogens (tertiary/aromatic N) is 3. The molecule has 0 aliphatic carbocycles. The summed E-state index contributed by atoms with van der Waals surface area (Å²) in [6, 6.07) is 25.3. The molecule has 1 aliphatic rings. The standard InChI is InChI=1S/C23H16Cl2N4/c24-17-12-10-16(11-13-17)22-27-23-26-20(15-6-2-1-3-7-15)14-21(29(23)28-22)18-8-4-5-9-19(18)25/h1-14,21H,(H,26,27,28)/t21-/m1/s1. The maximum Gasteiger partial charge on any atom is 0.227 e. The van der Waals surface area contributed by atoms with Crippen molar-refractivity contribution < 1.29 is 0 Å². The molecule has 2 heterocycles. The Balaban J connectivity index is 1.65. The average Bonchev–Trinajstić information content (AvgIpc) is 3.19. The Morgan fingerprint density at radius 3 is 2.28 bits per heavy atom. The van der Waals surface area contributed by atoms with E-state index < -0.39 is 0 Å². The van der Waals surface area contributed by atoms with Gasteiger partial charge in [-0.05, 0) is 47.5 Å². The van der Waals surface area contributed by atoms with Crippen molar-refractivity contribution in [2.45, 2.75) is 6.04 Å². The van der Waals surface area contributed by atoms with Gasteiger partial charge in [0.25, 0.3) is 0 Å². The molecule has 0 saturated carbocycles. The largest absolute Gasteiger partial charge is 0.324 e. The fraction of sp³-hybridized carbons (Fsp3) is 0.0435. The number of hydrogen-bond donors (Lipinski definition) is 1. The van der Waals surface area contributed by atoms with Gasteiger partial charge in [0, 0.05) is 21.3 Å². The third-order valence-electron chi connectivity index (χ3n) is 4.88. The van der Waals surface area contributed by atoms with E-state index in [1.54, 1.807) is 0 Å². The summed E-state index contributed by atoms with van der Waals surface area (Å²) in [5.74, 6) is 1.30. The van der Waals surface area contributed by atoms with E-state index in [1.165, 1.54) is 0 Å². The summed E-state index contributed by atoms with van der Waals surface area (Å²) in [6.45, 7) is 0.